The van der Waals surface area contributed by atoms with E-state index in [2.05, 4.69) is 21.7 Å². The Hall–Kier alpha value is -0.740. The summed E-state index contributed by atoms with van der Waals surface area (Å²) in [5, 5.41) is 0. The summed E-state index contributed by atoms with van der Waals surface area (Å²) in [6.45, 7) is 0.735. The van der Waals surface area contributed by atoms with Gasteiger partial charge in [-0.25, -0.2) is 0 Å². The molecule has 0 aliphatic carbocycles. The number of quaternary nitrogens is 1. The van der Waals surface area contributed by atoms with Crippen LogP contribution in [0.2, 0.25) is 0 Å². The zero-order valence-electron chi connectivity index (χ0n) is 7.76. The molecular formula is C9H13BrNO2+. The van der Waals surface area contributed by atoms with Gasteiger partial charge in [-0.15, -0.1) is 0 Å². The van der Waals surface area contributed by atoms with Crippen molar-refractivity contribution in [1.29, 1.82) is 0 Å². The third kappa shape index (κ3) is 2.14. The number of ether oxygens (including phenoxy) is 2. The van der Waals surface area contributed by atoms with E-state index < -0.39 is 0 Å². The highest BCUT2D eigenvalue weighted by Gasteiger charge is 2.09. The molecule has 0 bridgehead atoms. The monoisotopic (exact) mass is 246 g/mol. The first-order valence-electron chi connectivity index (χ1n) is 3.92. The van der Waals surface area contributed by atoms with Crippen molar-refractivity contribution in [3.63, 3.8) is 0 Å². The number of methoxy groups -OCH3 is 2. The lowest BCUT2D eigenvalue weighted by Gasteiger charge is -2.10. The summed E-state index contributed by atoms with van der Waals surface area (Å²) in [5.74, 6) is 1.45. The molecule has 4 heteroatoms. The minimum atomic E-state index is 0.722. The van der Waals surface area contributed by atoms with Crippen LogP contribution in [-0.4, -0.2) is 14.2 Å². The maximum Gasteiger partial charge on any atom is 0.174 e. The second-order valence-electron chi connectivity index (χ2n) is 2.56. The van der Waals surface area contributed by atoms with Gasteiger partial charge in [-0.3, -0.25) is 0 Å². The Labute approximate surface area is 86.0 Å². The molecule has 0 saturated carbocycles. The summed E-state index contributed by atoms with van der Waals surface area (Å²) in [6, 6.07) is 3.91. The third-order valence-electron chi connectivity index (χ3n) is 1.78. The lowest BCUT2D eigenvalue weighted by molar-refractivity contribution is -0.386. The van der Waals surface area contributed by atoms with Gasteiger partial charge in [0.25, 0.3) is 0 Å². The average molecular weight is 247 g/mol. The Morgan fingerprint density at radius 1 is 1.31 bits per heavy atom. The normalized spacial score (nSPS) is 9.85. The molecule has 0 amide bonds. The molecule has 1 aromatic rings. The summed E-state index contributed by atoms with van der Waals surface area (Å²) >= 11 is 3.41. The van der Waals surface area contributed by atoms with Crippen LogP contribution in [0.5, 0.6) is 11.5 Å². The van der Waals surface area contributed by atoms with Gasteiger partial charge < -0.3 is 15.2 Å². The van der Waals surface area contributed by atoms with E-state index in [0.717, 1.165) is 28.1 Å². The van der Waals surface area contributed by atoms with Crippen molar-refractivity contribution in [3.8, 4) is 11.5 Å². The molecule has 0 unspecified atom stereocenters. The van der Waals surface area contributed by atoms with Crippen molar-refractivity contribution in [1.82, 2.24) is 0 Å². The second kappa shape index (κ2) is 4.48. The van der Waals surface area contributed by atoms with E-state index in [1.165, 1.54) is 0 Å². The molecule has 1 rings (SSSR count). The van der Waals surface area contributed by atoms with Crippen molar-refractivity contribution in [2.75, 3.05) is 14.2 Å². The molecule has 0 atom stereocenters. The number of benzene rings is 1. The molecule has 0 aliphatic rings. The lowest BCUT2D eigenvalue weighted by Crippen LogP contribution is -2.47. The predicted molar refractivity (Wildman–Crippen MR) is 53.8 cm³/mol. The van der Waals surface area contributed by atoms with Crippen LogP contribution in [0.3, 0.4) is 0 Å². The van der Waals surface area contributed by atoms with Gasteiger partial charge in [0.2, 0.25) is 0 Å². The van der Waals surface area contributed by atoms with Crippen molar-refractivity contribution in [2.24, 2.45) is 0 Å². The molecule has 0 aliphatic heterocycles. The summed E-state index contributed by atoms with van der Waals surface area (Å²) in [4.78, 5) is 0. The van der Waals surface area contributed by atoms with Gasteiger partial charge >= 0.3 is 0 Å². The quantitative estimate of drug-likeness (QED) is 0.872. The van der Waals surface area contributed by atoms with Crippen LogP contribution < -0.4 is 15.2 Å². The van der Waals surface area contributed by atoms with Crippen LogP contribution in [0.25, 0.3) is 0 Å². The summed E-state index contributed by atoms with van der Waals surface area (Å²) in [7, 11) is 3.24. The Morgan fingerprint density at radius 3 is 2.46 bits per heavy atom. The molecule has 0 heterocycles. The smallest absolute Gasteiger partial charge is 0.174 e. The highest BCUT2D eigenvalue weighted by molar-refractivity contribution is 9.10. The molecule has 13 heavy (non-hydrogen) atoms. The summed E-state index contributed by atoms with van der Waals surface area (Å²) in [6.07, 6.45) is 0. The third-order valence-corrected chi connectivity index (χ3v) is 2.37. The molecule has 72 valence electrons. The molecule has 1 aromatic carbocycles. The average Bonchev–Trinajstić information content (AvgIpc) is 2.16. The number of halogens is 1. The number of hydrogen-bond donors (Lipinski definition) is 1. The first-order chi connectivity index (χ1) is 6.22. The minimum Gasteiger partial charge on any atom is -0.493 e. The standard InChI is InChI=1S/C9H12BrNO2/c1-12-8-4-6(5-11)3-7(10)9(8)13-2/h3-4H,5,11H2,1-2H3/p+1. The van der Waals surface area contributed by atoms with Gasteiger partial charge in [0.15, 0.2) is 11.5 Å². The van der Waals surface area contributed by atoms with E-state index in [1.807, 2.05) is 12.1 Å². The van der Waals surface area contributed by atoms with Crippen LogP contribution in [0.1, 0.15) is 5.56 Å². The maximum atomic E-state index is 5.18. The van der Waals surface area contributed by atoms with E-state index in [-0.39, 0.29) is 0 Å². The fraction of sp³-hybridized carbons (Fsp3) is 0.333. The zero-order chi connectivity index (χ0) is 9.84. The predicted octanol–water partition coefficient (Wildman–Crippen LogP) is 1.21. The number of rotatable bonds is 3. The first kappa shape index (κ1) is 10.3. The maximum absolute atomic E-state index is 5.18. The van der Waals surface area contributed by atoms with E-state index in [0.29, 0.717) is 0 Å². The first-order valence-corrected chi connectivity index (χ1v) is 4.71. The minimum absolute atomic E-state index is 0.722. The highest BCUT2D eigenvalue weighted by atomic mass is 79.9. The van der Waals surface area contributed by atoms with Gasteiger partial charge in [-0.2, -0.15) is 0 Å². The summed E-state index contributed by atoms with van der Waals surface area (Å²) < 4.78 is 11.2. The van der Waals surface area contributed by atoms with Crippen molar-refractivity contribution >= 4 is 15.9 Å². The molecular weight excluding hydrogens is 234 g/mol. The van der Waals surface area contributed by atoms with Crippen LogP contribution in [0, 0.1) is 0 Å². The molecule has 0 aromatic heterocycles. The zero-order valence-corrected chi connectivity index (χ0v) is 9.35. The van der Waals surface area contributed by atoms with Crippen molar-refractivity contribution in [3.05, 3.63) is 22.2 Å². The van der Waals surface area contributed by atoms with E-state index in [4.69, 9.17) is 9.47 Å². The highest BCUT2D eigenvalue weighted by Crippen LogP contribution is 2.35. The molecule has 3 nitrogen and oxygen atoms in total. The van der Waals surface area contributed by atoms with Gasteiger partial charge in [-0.1, -0.05) is 0 Å². The second-order valence-corrected chi connectivity index (χ2v) is 3.42. The molecule has 0 fully saturated rings. The van der Waals surface area contributed by atoms with Crippen molar-refractivity contribution in [2.45, 2.75) is 6.54 Å². The van der Waals surface area contributed by atoms with Crippen molar-refractivity contribution < 1.29 is 15.2 Å². The van der Waals surface area contributed by atoms with Gasteiger partial charge in [0, 0.05) is 5.56 Å². The topological polar surface area (TPSA) is 46.1 Å². The Kier molecular flexibility index (Phi) is 3.57. The van der Waals surface area contributed by atoms with Crippen LogP contribution in [0.4, 0.5) is 0 Å². The van der Waals surface area contributed by atoms with Crippen LogP contribution in [0.15, 0.2) is 16.6 Å². The lowest BCUT2D eigenvalue weighted by atomic mass is 10.2. The molecule has 0 radical (unpaired) electrons. The van der Waals surface area contributed by atoms with Gasteiger partial charge in [0.05, 0.1) is 25.2 Å². The molecule has 0 saturated heterocycles. The SMILES string of the molecule is COc1cc(C[NH3+])cc(Br)c1OC. The fourth-order valence-corrected chi connectivity index (χ4v) is 1.77. The van der Waals surface area contributed by atoms with Gasteiger partial charge in [-0.05, 0) is 28.1 Å². The largest absolute Gasteiger partial charge is 0.493 e. The van der Waals surface area contributed by atoms with Crippen LogP contribution >= 0.6 is 15.9 Å². The number of hydrogen-bond acceptors (Lipinski definition) is 2. The van der Waals surface area contributed by atoms with Gasteiger partial charge in [0.1, 0.15) is 0 Å². The molecule has 3 N–H and O–H groups in total. The Bertz CT molecular complexity index is 302. The Balaban J connectivity index is 3.20. The fourth-order valence-electron chi connectivity index (χ4n) is 1.12. The molecule has 0 spiro atoms. The van der Waals surface area contributed by atoms with E-state index >= 15 is 0 Å². The van der Waals surface area contributed by atoms with Crippen LogP contribution in [-0.2, 0) is 6.54 Å². The Morgan fingerprint density at radius 2 is 2.00 bits per heavy atom. The summed E-state index contributed by atoms with van der Waals surface area (Å²) in [5.41, 5.74) is 4.93. The van der Waals surface area contributed by atoms with E-state index in [9.17, 15) is 0 Å². The van der Waals surface area contributed by atoms with E-state index in [1.54, 1.807) is 14.2 Å².